The van der Waals surface area contributed by atoms with E-state index in [1.165, 1.54) is 6.92 Å². The summed E-state index contributed by atoms with van der Waals surface area (Å²) in [6.45, 7) is 5.58. The van der Waals surface area contributed by atoms with Gasteiger partial charge < -0.3 is 14.5 Å². The molecular formula is C19H22N4O4S. The van der Waals surface area contributed by atoms with Crippen molar-refractivity contribution in [2.24, 2.45) is 0 Å². The van der Waals surface area contributed by atoms with Gasteiger partial charge in [0.2, 0.25) is 0 Å². The summed E-state index contributed by atoms with van der Waals surface area (Å²) >= 11 is 1.12. The first-order valence-corrected chi connectivity index (χ1v) is 9.98. The zero-order valence-electron chi connectivity index (χ0n) is 15.9. The van der Waals surface area contributed by atoms with Crippen LogP contribution in [0, 0.1) is 0 Å². The molecule has 8 nitrogen and oxygen atoms in total. The van der Waals surface area contributed by atoms with E-state index >= 15 is 0 Å². The van der Waals surface area contributed by atoms with Gasteiger partial charge >= 0.3 is 5.97 Å². The van der Waals surface area contributed by atoms with Crippen molar-refractivity contribution in [2.75, 3.05) is 11.1 Å². The lowest BCUT2D eigenvalue weighted by Crippen LogP contribution is -2.31. The van der Waals surface area contributed by atoms with E-state index in [9.17, 15) is 9.59 Å². The number of para-hydroxylation sites is 2. The number of aromatic nitrogens is 3. The van der Waals surface area contributed by atoms with E-state index in [-0.39, 0.29) is 11.8 Å². The first kappa shape index (κ1) is 19.9. The van der Waals surface area contributed by atoms with Gasteiger partial charge in [-0.1, -0.05) is 30.8 Å². The molecule has 3 aromatic rings. The number of carbonyl (C=O) groups excluding carboxylic acids is 2. The van der Waals surface area contributed by atoms with Crippen LogP contribution in [0.3, 0.4) is 0 Å². The number of rotatable bonds is 8. The van der Waals surface area contributed by atoms with Crippen LogP contribution in [0.4, 0.5) is 5.82 Å². The van der Waals surface area contributed by atoms with Crippen molar-refractivity contribution in [1.82, 2.24) is 14.8 Å². The molecule has 1 aromatic carbocycles. The Kier molecular flexibility index (Phi) is 6.35. The third-order valence-electron chi connectivity index (χ3n) is 4.20. The van der Waals surface area contributed by atoms with Gasteiger partial charge in [-0.2, -0.15) is 5.10 Å². The topological polar surface area (TPSA) is 99.2 Å². The maximum atomic E-state index is 12.3. The van der Waals surface area contributed by atoms with E-state index in [2.05, 4.69) is 15.4 Å². The molecule has 0 fully saturated rings. The second kappa shape index (κ2) is 8.92. The number of nitrogens with one attached hydrogen (secondary N) is 1. The number of carbonyl (C=O) groups is 2. The van der Waals surface area contributed by atoms with E-state index in [1.54, 1.807) is 23.0 Å². The standard InChI is InChI=1S/C19H22N4O4S/c1-4-12(2)23-16(9-10-20-23)22-18(25)13(3)26-17(24)11-28-19-21-14-7-5-6-8-15(14)27-19/h5-10,12-13H,4,11H2,1-3H3,(H,22,25)/t12-,13-/m0/s1. The predicted octanol–water partition coefficient (Wildman–Crippen LogP) is 3.66. The first-order chi connectivity index (χ1) is 13.5. The molecule has 148 valence electrons. The Balaban J connectivity index is 1.50. The van der Waals surface area contributed by atoms with Gasteiger partial charge in [-0.15, -0.1) is 0 Å². The Hall–Kier alpha value is -2.81. The zero-order chi connectivity index (χ0) is 20.1. The molecule has 0 aliphatic carbocycles. The van der Waals surface area contributed by atoms with Crippen LogP contribution in [0.25, 0.3) is 11.1 Å². The lowest BCUT2D eigenvalue weighted by Gasteiger charge is -2.16. The Morgan fingerprint density at radius 1 is 1.29 bits per heavy atom. The molecule has 0 saturated carbocycles. The fourth-order valence-electron chi connectivity index (χ4n) is 2.48. The van der Waals surface area contributed by atoms with Crippen molar-refractivity contribution in [3.63, 3.8) is 0 Å². The molecule has 1 amide bonds. The van der Waals surface area contributed by atoms with E-state index in [0.29, 0.717) is 16.6 Å². The largest absolute Gasteiger partial charge is 0.452 e. The molecule has 9 heteroatoms. The fraction of sp³-hybridized carbons (Fsp3) is 0.368. The molecular weight excluding hydrogens is 380 g/mol. The number of hydrogen-bond donors (Lipinski definition) is 1. The third-order valence-corrected chi connectivity index (χ3v) is 5.00. The van der Waals surface area contributed by atoms with Crippen LogP contribution < -0.4 is 5.32 Å². The van der Waals surface area contributed by atoms with Crippen LogP contribution in [0.2, 0.25) is 0 Å². The maximum absolute atomic E-state index is 12.3. The normalized spacial score (nSPS) is 13.2. The van der Waals surface area contributed by atoms with Gasteiger partial charge in [0.1, 0.15) is 17.1 Å². The summed E-state index contributed by atoms with van der Waals surface area (Å²) in [5, 5.41) is 7.35. The Bertz CT molecular complexity index is 935. The summed E-state index contributed by atoms with van der Waals surface area (Å²) in [6.07, 6.45) is 1.56. The predicted molar refractivity (Wildman–Crippen MR) is 106 cm³/mol. The lowest BCUT2D eigenvalue weighted by atomic mass is 10.3. The molecule has 2 atom stereocenters. The average Bonchev–Trinajstić information content (AvgIpc) is 3.32. The van der Waals surface area contributed by atoms with Crippen LogP contribution in [0.1, 0.15) is 33.2 Å². The van der Waals surface area contributed by atoms with Crippen LogP contribution >= 0.6 is 11.8 Å². The molecule has 28 heavy (non-hydrogen) atoms. The highest BCUT2D eigenvalue weighted by Gasteiger charge is 2.20. The Morgan fingerprint density at radius 2 is 2.07 bits per heavy atom. The minimum Gasteiger partial charge on any atom is -0.452 e. The first-order valence-electron chi connectivity index (χ1n) is 9.00. The Labute approximate surface area is 166 Å². The minimum atomic E-state index is -0.933. The van der Waals surface area contributed by atoms with Gasteiger partial charge in [-0.05, 0) is 32.4 Å². The number of hydrogen-bond acceptors (Lipinski definition) is 7. The van der Waals surface area contributed by atoms with Gasteiger partial charge in [0.25, 0.3) is 11.1 Å². The SMILES string of the molecule is CC[C@H](C)n1nccc1NC(=O)[C@H](C)OC(=O)CSc1nc2ccccc2o1. The summed E-state index contributed by atoms with van der Waals surface area (Å²) in [5.41, 5.74) is 1.38. The van der Waals surface area contributed by atoms with Gasteiger partial charge in [0, 0.05) is 6.07 Å². The number of fused-ring (bicyclic) bond motifs is 1. The second-order valence-corrected chi connectivity index (χ2v) is 7.20. The summed E-state index contributed by atoms with van der Waals surface area (Å²) in [7, 11) is 0. The summed E-state index contributed by atoms with van der Waals surface area (Å²) < 4.78 is 12.5. The van der Waals surface area contributed by atoms with Crippen molar-refractivity contribution in [2.45, 2.75) is 44.6 Å². The molecule has 0 aliphatic heterocycles. The maximum Gasteiger partial charge on any atom is 0.317 e. The number of esters is 1. The minimum absolute atomic E-state index is 0.00472. The van der Waals surface area contributed by atoms with Gasteiger partial charge in [0.05, 0.1) is 12.2 Å². The molecule has 2 aromatic heterocycles. The highest BCUT2D eigenvalue weighted by Crippen LogP contribution is 2.23. The van der Waals surface area contributed by atoms with Crippen molar-refractivity contribution in [3.05, 3.63) is 36.5 Å². The van der Waals surface area contributed by atoms with Crippen LogP contribution in [0.15, 0.2) is 46.2 Å². The van der Waals surface area contributed by atoms with Crippen molar-refractivity contribution >= 4 is 40.6 Å². The number of thioether (sulfide) groups is 1. The average molecular weight is 402 g/mol. The molecule has 3 rings (SSSR count). The molecule has 1 N–H and O–H groups in total. The van der Waals surface area contributed by atoms with Crippen LogP contribution in [-0.4, -0.2) is 38.5 Å². The third kappa shape index (κ3) is 4.72. The number of ether oxygens (including phenoxy) is 1. The number of amides is 1. The van der Waals surface area contributed by atoms with E-state index in [4.69, 9.17) is 9.15 Å². The van der Waals surface area contributed by atoms with Gasteiger partial charge in [0.15, 0.2) is 11.7 Å². The van der Waals surface area contributed by atoms with Gasteiger partial charge in [-0.25, -0.2) is 9.67 Å². The van der Waals surface area contributed by atoms with Gasteiger partial charge in [-0.3, -0.25) is 9.59 Å². The lowest BCUT2D eigenvalue weighted by molar-refractivity contribution is -0.150. The highest BCUT2D eigenvalue weighted by molar-refractivity contribution is 7.99. The van der Waals surface area contributed by atoms with Crippen LogP contribution in [-0.2, 0) is 14.3 Å². The highest BCUT2D eigenvalue weighted by atomic mass is 32.2. The number of anilines is 1. The van der Waals surface area contributed by atoms with E-state index in [0.717, 1.165) is 23.7 Å². The number of oxazole rings is 1. The molecule has 0 spiro atoms. The summed E-state index contributed by atoms with van der Waals surface area (Å²) in [6, 6.07) is 9.21. The molecule has 0 unspecified atom stereocenters. The summed E-state index contributed by atoms with van der Waals surface area (Å²) in [5.74, 6) is -0.367. The molecule has 0 radical (unpaired) electrons. The van der Waals surface area contributed by atoms with E-state index < -0.39 is 18.0 Å². The van der Waals surface area contributed by atoms with Crippen molar-refractivity contribution in [3.8, 4) is 0 Å². The number of nitrogens with zero attached hydrogens (tertiary/aromatic N) is 3. The molecule has 0 saturated heterocycles. The van der Waals surface area contributed by atoms with Crippen LogP contribution in [0.5, 0.6) is 0 Å². The quantitative estimate of drug-likeness (QED) is 0.453. The molecule has 0 bridgehead atoms. The zero-order valence-corrected chi connectivity index (χ0v) is 16.7. The van der Waals surface area contributed by atoms with E-state index in [1.807, 2.05) is 32.0 Å². The second-order valence-electron chi connectivity index (χ2n) is 6.28. The fourth-order valence-corrected chi connectivity index (χ4v) is 3.10. The molecule has 2 heterocycles. The Morgan fingerprint density at radius 3 is 2.82 bits per heavy atom. The summed E-state index contributed by atoms with van der Waals surface area (Å²) in [4.78, 5) is 28.7. The molecule has 0 aliphatic rings. The monoisotopic (exact) mass is 402 g/mol. The van der Waals surface area contributed by atoms with Crippen molar-refractivity contribution in [1.29, 1.82) is 0 Å². The number of benzene rings is 1. The smallest absolute Gasteiger partial charge is 0.317 e. The van der Waals surface area contributed by atoms with Crippen molar-refractivity contribution < 1.29 is 18.7 Å².